The number of anilines is 2. The molecule has 0 aliphatic heterocycles. The zero-order chi connectivity index (χ0) is 25.2. The number of rotatable bonds is 7. The van der Waals surface area contributed by atoms with E-state index in [9.17, 15) is 5.11 Å². The van der Waals surface area contributed by atoms with E-state index in [0.29, 0.717) is 23.8 Å². The van der Waals surface area contributed by atoms with Gasteiger partial charge in [-0.3, -0.25) is 0 Å². The lowest BCUT2D eigenvalue weighted by molar-refractivity contribution is 0.373. The first kappa shape index (κ1) is 23.0. The van der Waals surface area contributed by atoms with Gasteiger partial charge in [-0.05, 0) is 54.4 Å². The summed E-state index contributed by atoms with van der Waals surface area (Å²) in [6.07, 6.45) is 1.57. The summed E-state index contributed by atoms with van der Waals surface area (Å²) in [5.74, 6) is 1.94. The Labute approximate surface area is 209 Å². The highest BCUT2D eigenvalue weighted by atomic mass is 16.5. The number of aryl methyl sites for hydroxylation is 1. The van der Waals surface area contributed by atoms with Crippen molar-refractivity contribution in [2.45, 2.75) is 13.5 Å². The monoisotopic (exact) mass is 481 g/mol. The molecule has 0 bridgehead atoms. The number of benzene rings is 3. The van der Waals surface area contributed by atoms with Gasteiger partial charge in [-0.25, -0.2) is 9.97 Å². The highest BCUT2D eigenvalue weighted by Gasteiger charge is 2.22. The minimum atomic E-state index is 0.0672. The van der Waals surface area contributed by atoms with Gasteiger partial charge in [0.2, 0.25) is 0 Å². The molecular weight excluding hydrogens is 454 g/mol. The lowest BCUT2D eigenvalue weighted by Gasteiger charge is -2.15. The smallest absolute Gasteiger partial charge is 0.162 e. The van der Waals surface area contributed by atoms with Crippen molar-refractivity contribution in [2.75, 3.05) is 25.3 Å². The van der Waals surface area contributed by atoms with E-state index in [-0.39, 0.29) is 5.75 Å². The van der Waals surface area contributed by atoms with Gasteiger partial charge < -0.3 is 30.2 Å². The second-order valence-corrected chi connectivity index (χ2v) is 8.41. The largest absolute Gasteiger partial charge is 0.504 e. The molecule has 0 aliphatic carbocycles. The predicted octanol–water partition coefficient (Wildman–Crippen LogP) is 5.31. The number of ether oxygens (including phenoxy) is 2. The lowest BCUT2D eigenvalue weighted by atomic mass is 10.1. The first-order chi connectivity index (χ1) is 17.5. The van der Waals surface area contributed by atoms with Crippen LogP contribution in [0.2, 0.25) is 0 Å². The number of nitrogens with two attached hydrogens (primary N) is 1. The van der Waals surface area contributed by atoms with Crippen LogP contribution >= 0.6 is 0 Å². The number of hydrogen-bond donors (Lipinski definition) is 3. The summed E-state index contributed by atoms with van der Waals surface area (Å²) >= 11 is 0. The highest BCUT2D eigenvalue weighted by Crippen LogP contribution is 2.39. The molecule has 8 heteroatoms. The molecule has 0 fully saturated rings. The molecule has 5 rings (SSSR count). The number of phenols is 1. The summed E-state index contributed by atoms with van der Waals surface area (Å²) < 4.78 is 12.8. The summed E-state index contributed by atoms with van der Waals surface area (Å²) in [5.41, 5.74) is 13.1. The van der Waals surface area contributed by atoms with Crippen molar-refractivity contribution < 1.29 is 14.6 Å². The summed E-state index contributed by atoms with van der Waals surface area (Å²) in [4.78, 5) is 9.23. The molecule has 182 valence electrons. The Balaban J connectivity index is 1.70. The van der Waals surface area contributed by atoms with Crippen LogP contribution in [0.4, 0.5) is 11.5 Å². The molecule has 3 aromatic carbocycles. The molecule has 0 saturated carbocycles. The molecule has 2 aromatic heterocycles. The van der Waals surface area contributed by atoms with Gasteiger partial charge in [-0.15, -0.1) is 0 Å². The fourth-order valence-electron chi connectivity index (χ4n) is 4.37. The van der Waals surface area contributed by atoms with Gasteiger partial charge in [-0.2, -0.15) is 0 Å². The molecule has 0 unspecified atom stereocenters. The van der Waals surface area contributed by atoms with Crippen molar-refractivity contribution >= 4 is 22.5 Å². The molecule has 0 saturated heterocycles. The first-order valence-electron chi connectivity index (χ1n) is 11.5. The number of fused-ring (bicyclic) bond motifs is 1. The summed E-state index contributed by atoms with van der Waals surface area (Å²) in [6, 6.07) is 20.9. The Bertz CT molecular complexity index is 1530. The Morgan fingerprint density at radius 2 is 1.69 bits per heavy atom. The van der Waals surface area contributed by atoms with Crippen LogP contribution in [0.1, 0.15) is 11.1 Å². The quantitative estimate of drug-likeness (QED) is 0.270. The molecule has 0 amide bonds. The van der Waals surface area contributed by atoms with E-state index in [1.165, 1.54) is 7.11 Å². The Morgan fingerprint density at radius 1 is 0.944 bits per heavy atom. The molecule has 0 radical (unpaired) electrons. The van der Waals surface area contributed by atoms with Crippen LogP contribution in [0.25, 0.3) is 28.0 Å². The molecule has 5 aromatic rings. The van der Waals surface area contributed by atoms with Gasteiger partial charge in [-0.1, -0.05) is 24.3 Å². The van der Waals surface area contributed by atoms with Crippen molar-refractivity contribution in [2.24, 2.45) is 0 Å². The van der Waals surface area contributed by atoms with Crippen molar-refractivity contribution in [3.63, 3.8) is 0 Å². The van der Waals surface area contributed by atoms with Gasteiger partial charge in [0.05, 0.1) is 31.1 Å². The Morgan fingerprint density at radius 3 is 2.39 bits per heavy atom. The molecular formula is C28H27N5O3. The number of hydrogen-bond acceptors (Lipinski definition) is 7. The number of phenolic OH excluding ortho intramolecular Hbond substituents is 1. The second kappa shape index (κ2) is 9.50. The SMILES string of the molecule is COc1ccc(CNc2ncnc3c(C)c(-c4ccc(N)cc4)n(-c4ccc(O)c(OC)c4)c23)cc1. The van der Waals surface area contributed by atoms with Gasteiger partial charge in [0.25, 0.3) is 0 Å². The second-order valence-electron chi connectivity index (χ2n) is 8.41. The average Bonchev–Trinajstić information content (AvgIpc) is 3.21. The summed E-state index contributed by atoms with van der Waals surface area (Å²) in [7, 11) is 3.18. The molecule has 0 aliphatic rings. The molecule has 2 heterocycles. The van der Waals surface area contributed by atoms with E-state index >= 15 is 0 Å². The van der Waals surface area contributed by atoms with Crippen molar-refractivity contribution in [3.05, 3.63) is 84.2 Å². The first-order valence-corrected chi connectivity index (χ1v) is 11.5. The Kier molecular flexibility index (Phi) is 6.08. The van der Waals surface area contributed by atoms with Crippen molar-refractivity contribution in [1.82, 2.24) is 14.5 Å². The van der Waals surface area contributed by atoms with Crippen LogP contribution in [-0.4, -0.2) is 33.9 Å². The third-order valence-electron chi connectivity index (χ3n) is 6.20. The van der Waals surface area contributed by atoms with Crippen molar-refractivity contribution in [1.29, 1.82) is 0 Å². The van der Waals surface area contributed by atoms with E-state index in [2.05, 4.69) is 19.9 Å². The number of aromatic nitrogens is 3. The zero-order valence-corrected chi connectivity index (χ0v) is 20.3. The van der Waals surface area contributed by atoms with Crippen LogP contribution < -0.4 is 20.5 Å². The van der Waals surface area contributed by atoms with E-state index in [0.717, 1.165) is 44.9 Å². The molecule has 0 atom stereocenters. The van der Waals surface area contributed by atoms with E-state index in [4.69, 9.17) is 15.2 Å². The fourth-order valence-corrected chi connectivity index (χ4v) is 4.37. The standard InChI is InChI=1S/C28H27N5O3/c1-17-25-27(28(32-16-31-25)30-15-18-4-11-22(35-2)12-5-18)33(21-10-13-23(34)24(14-21)36-3)26(17)19-6-8-20(29)9-7-19/h4-14,16,34H,15,29H2,1-3H3,(H,30,31,32). The minimum Gasteiger partial charge on any atom is -0.504 e. The molecule has 4 N–H and O–H groups in total. The third kappa shape index (κ3) is 4.13. The fraction of sp³-hybridized carbons (Fsp3) is 0.143. The highest BCUT2D eigenvalue weighted by molar-refractivity contribution is 5.96. The third-order valence-corrected chi connectivity index (χ3v) is 6.20. The molecule has 0 spiro atoms. The van der Waals surface area contributed by atoms with Crippen LogP contribution in [0, 0.1) is 6.92 Å². The normalized spacial score (nSPS) is 11.0. The van der Waals surface area contributed by atoms with Gasteiger partial charge in [0, 0.05) is 23.9 Å². The van der Waals surface area contributed by atoms with Crippen molar-refractivity contribution in [3.8, 4) is 34.2 Å². The van der Waals surface area contributed by atoms with Gasteiger partial charge >= 0.3 is 0 Å². The van der Waals surface area contributed by atoms with E-state index < -0.39 is 0 Å². The predicted molar refractivity (Wildman–Crippen MR) is 142 cm³/mol. The summed E-state index contributed by atoms with van der Waals surface area (Å²) in [6.45, 7) is 2.61. The number of nitrogens with one attached hydrogen (secondary N) is 1. The number of methoxy groups -OCH3 is 2. The topological polar surface area (TPSA) is 107 Å². The van der Waals surface area contributed by atoms with Gasteiger partial charge in [0.1, 0.15) is 17.6 Å². The molecule has 8 nitrogen and oxygen atoms in total. The van der Waals surface area contributed by atoms with Crippen LogP contribution in [-0.2, 0) is 6.54 Å². The number of nitrogen functional groups attached to an aromatic ring is 1. The van der Waals surface area contributed by atoms with E-state index in [1.807, 2.05) is 61.5 Å². The van der Waals surface area contributed by atoms with Gasteiger partial charge in [0.15, 0.2) is 17.3 Å². The Hall–Kier alpha value is -4.72. The molecule has 36 heavy (non-hydrogen) atoms. The van der Waals surface area contributed by atoms with Crippen LogP contribution in [0.5, 0.6) is 17.2 Å². The van der Waals surface area contributed by atoms with E-state index in [1.54, 1.807) is 25.6 Å². The van der Waals surface area contributed by atoms with Crippen LogP contribution in [0.3, 0.4) is 0 Å². The number of aromatic hydroxyl groups is 1. The maximum Gasteiger partial charge on any atom is 0.162 e. The van der Waals surface area contributed by atoms with Crippen LogP contribution in [0.15, 0.2) is 73.1 Å². The lowest BCUT2D eigenvalue weighted by Crippen LogP contribution is -2.06. The number of nitrogens with zero attached hydrogens (tertiary/aromatic N) is 3. The minimum absolute atomic E-state index is 0.0672. The maximum absolute atomic E-state index is 10.2. The maximum atomic E-state index is 10.2. The average molecular weight is 482 g/mol. The summed E-state index contributed by atoms with van der Waals surface area (Å²) in [5, 5.41) is 13.7. The zero-order valence-electron chi connectivity index (χ0n) is 20.3.